The summed E-state index contributed by atoms with van der Waals surface area (Å²) in [5.74, 6) is -2.70. The molecule has 0 unspecified atom stereocenters. The number of hydrogen-bond donors (Lipinski definition) is 2. The Hall–Kier alpha value is -1.86. The number of Topliss-reactive ketones (excluding diaryl/α,β-unsaturated/α-hetero) is 1. The van der Waals surface area contributed by atoms with E-state index in [1.165, 1.54) is 12.2 Å². The van der Waals surface area contributed by atoms with Crippen molar-refractivity contribution in [3.8, 4) is 0 Å². The number of allylic oxidation sites excluding steroid dienone is 4. The van der Waals surface area contributed by atoms with E-state index in [2.05, 4.69) is 0 Å². The Kier molecular flexibility index (Phi) is 5.33. The van der Waals surface area contributed by atoms with E-state index in [1.807, 2.05) is 0 Å². The van der Waals surface area contributed by atoms with Crippen LogP contribution in [0.3, 0.4) is 0 Å². The molecule has 8 atom stereocenters. The number of fused-ring (bicyclic) bond motifs is 5. The molecule has 32 heavy (non-hydrogen) atoms. The summed E-state index contributed by atoms with van der Waals surface area (Å²) in [4.78, 5) is 36.7. The molecule has 6 nitrogen and oxygen atoms in total. The van der Waals surface area contributed by atoms with E-state index < -0.39 is 58.4 Å². The number of aliphatic hydroxyl groups is 2. The molecule has 2 N–H and O–H groups in total. The van der Waals surface area contributed by atoms with Gasteiger partial charge in [0.2, 0.25) is 5.78 Å². The largest absolute Gasteiger partial charge is 0.458 e. The quantitative estimate of drug-likeness (QED) is 0.642. The number of alkyl halides is 1. The highest BCUT2D eigenvalue weighted by molar-refractivity contribution is 6.01. The second-order valence-electron chi connectivity index (χ2n) is 10.6. The van der Waals surface area contributed by atoms with Crippen LogP contribution in [0.15, 0.2) is 23.8 Å². The minimum Gasteiger partial charge on any atom is -0.458 e. The molecule has 0 aliphatic heterocycles. The van der Waals surface area contributed by atoms with Crippen LogP contribution >= 0.6 is 0 Å². The van der Waals surface area contributed by atoms with Gasteiger partial charge in [-0.1, -0.05) is 32.4 Å². The van der Waals surface area contributed by atoms with Crippen LogP contribution in [-0.4, -0.2) is 51.7 Å². The first kappa shape index (κ1) is 23.3. The molecule has 0 bridgehead atoms. The van der Waals surface area contributed by atoms with Gasteiger partial charge in [0.1, 0.15) is 5.60 Å². The lowest BCUT2D eigenvalue weighted by Crippen LogP contribution is -2.69. The summed E-state index contributed by atoms with van der Waals surface area (Å²) in [6.07, 6.45) is 4.42. The van der Waals surface area contributed by atoms with Crippen LogP contribution in [0.25, 0.3) is 0 Å². The van der Waals surface area contributed by atoms with Gasteiger partial charge in [0.25, 0.3) is 0 Å². The molecule has 0 aromatic carbocycles. The summed E-state index contributed by atoms with van der Waals surface area (Å²) >= 11 is 0. The molecular weight excluding hydrogens is 415 g/mol. The average molecular weight is 449 g/mol. The molecule has 176 valence electrons. The molecule has 3 fully saturated rings. The normalized spacial score (nSPS) is 47.2. The summed E-state index contributed by atoms with van der Waals surface area (Å²) in [6.45, 7) is 6.35. The molecule has 7 heteroatoms. The van der Waals surface area contributed by atoms with Gasteiger partial charge in [-0.15, -0.1) is 0 Å². The van der Waals surface area contributed by atoms with Crippen molar-refractivity contribution >= 4 is 17.5 Å². The second kappa shape index (κ2) is 7.32. The van der Waals surface area contributed by atoms with Crippen LogP contribution in [0.2, 0.25) is 0 Å². The summed E-state index contributed by atoms with van der Waals surface area (Å²) in [6, 6.07) is 0. The highest BCUT2D eigenvalue weighted by atomic mass is 19.1. The molecule has 0 saturated heterocycles. The number of halogens is 1. The van der Waals surface area contributed by atoms with Crippen LogP contribution < -0.4 is 0 Å². The molecule has 0 aromatic heterocycles. The average Bonchev–Trinajstić information content (AvgIpc) is 2.94. The van der Waals surface area contributed by atoms with Gasteiger partial charge in [-0.3, -0.25) is 14.4 Å². The van der Waals surface area contributed by atoms with Crippen molar-refractivity contribution < 1.29 is 33.7 Å². The zero-order valence-electron chi connectivity index (χ0n) is 19.2. The molecule has 3 saturated carbocycles. The highest BCUT2D eigenvalue weighted by Gasteiger charge is 2.75. The van der Waals surface area contributed by atoms with Gasteiger partial charge in [-0.2, -0.15) is 0 Å². The molecule has 0 spiro atoms. The molecule has 0 aromatic rings. The third kappa shape index (κ3) is 2.73. The Bertz CT molecular complexity index is 925. The van der Waals surface area contributed by atoms with Crippen LogP contribution in [0.4, 0.5) is 4.39 Å². The molecule has 4 rings (SSSR count). The fourth-order valence-electron chi connectivity index (χ4n) is 7.50. The van der Waals surface area contributed by atoms with Crippen molar-refractivity contribution in [2.75, 3.05) is 6.61 Å². The maximum absolute atomic E-state index is 17.1. The van der Waals surface area contributed by atoms with E-state index in [0.717, 1.165) is 0 Å². The van der Waals surface area contributed by atoms with Crippen molar-refractivity contribution in [3.63, 3.8) is 0 Å². The fraction of sp³-hybridized carbons (Fsp3) is 0.720. The van der Waals surface area contributed by atoms with Gasteiger partial charge in [0, 0.05) is 23.2 Å². The SMILES string of the molecule is CCC(=O)OCC(=O)[C@@]1(O)[C@H](C)C[C@H]2[C@@H]3CCC4=CC(=O)C=C[C@]4(C)[C@@]3(F)[C@@H](O)C[C@@]21C. The van der Waals surface area contributed by atoms with E-state index in [1.54, 1.807) is 33.8 Å². The number of ether oxygens (including phenoxy) is 1. The first-order valence-electron chi connectivity index (χ1n) is 11.6. The summed E-state index contributed by atoms with van der Waals surface area (Å²) in [5.41, 5.74) is -5.33. The minimum atomic E-state index is -2.01. The van der Waals surface area contributed by atoms with Crippen molar-refractivity contribution in [3.05, 3.63) is 23.8 Å². The summed E-state index contributed by atoms with van der Waals surface area (Å²) in [5, 5.41) is 23.0. The van der Waals surface area contributed by atoms with Crippen molar-refractivity contribution in [1.29, 1.82) is 0 Å². The monoisotopic (exact) mass is 448 g/mol. The van der Waals surface area contributed by atoms with Crippen LogP contribution in [0, 0.1) is 28.6 Å². The maximum Gasteiger partial charge on any atom is 0.305 e. The topological polar surface area (TPSA) is 101 Å². The van der Waals surface area contributed by atoms with E-state index >= 15 is 4.39 Å². The Balaban J connectivity index is 1.73. The number of carbonyl (C=O) groups is 3. The Morgan fingerprint density at radius 2 is 1.97 bits per heavy atom. The number of ketones is 2. The number of esters is 1. The molecular formula is C25H33FO6. The first-order valence-corrected chi connectivity index (χ1v) is 11.6. The number of aliphatic hydroxyl groups excluding tert-OH is 1. The molecule has 0 heterocycles. The maximum atomic E-state index is 17.1. The molecule has 0 radical (unpaired) electrons. The smallest absolute Gasteiger partial charge is 0.305 e. The summed E-state index contributed by atoms with van der Waals surface area (Å²) in [7, 11) is 0. The predicted octanol–water partition coefficient (Wildman–Crippen LogP) is 2.86. The van der Waals surface area contributed by atoms with Crippen LogP contribution in [0.5, 0.6) is 0 Å². The standard InChI is InChI=1S/C25H33FO6/c1-5-21(30)32-13-20(29)25(31)14(2)10-18-17-7-6-15-11-16(27)8-9-22(15,3)24(17,26)19(28)12-23(18,25)4/h8-9,11,14,17-19,28,31H,5-7,10,12-13H2,1-4H3/t14-,17+,18+,19+,22+,23+,24+,25+/m1/s1. The number of rotatable bonds is 4. The van der Waals surface area contributed by atoms with Gasteiger partial charge in [-0.25, -0.2) is 4.39 Å². The summed E-state index contributed by atoms with van der Waals surface area (Å²) < 4.78 is 22.1. The Labute approximate surface area is 187 Å². The molecule has 4 aliphatic rings. The van der Waals surface area contributed by atoms with Gasteiger partial charge < -0.3 is 14.9 Å². The zero-order valence-corrected chi connectivity index (χ0v) is 19.2. The van der Waals surface area contributed by atoms with E-state index in [-0.39, 0.29) is 24.5 Å². The molecule has 4 aliphatic carbocycles. The fourth-order valence-corrected chi connectivity index (χ4v) is 7.50. The Morgan fingerprint density at radius 3 is 2.62 bits per heavy atom. The van der Waals surface area contributed by atoms with Crippen LogP contribution in [0.1, 0.15) is 59.8 Å². The second-order valence-corrected chi connectivity index (χ2v) is 10.6. The van der Waals surface area contributed by atoms with E-state index in [4.69, 9.17) is 4.74 Å². The number of carbonyl (C=O) groups excluding carboxylic acids is 3. The van der Waals surface area contributed by atoms with E-state index in [9.17, 15) is 24.6 Å². The lowest BCUT2D eigenvalue weighted by Gasteiger charge is -2.62. The zero-order chi connectivity index (χ0) is 23.7. The van der Waals surface area contributed by atoms with Crippen molar-refractivity contribution in [1.82, 2.24) is 0 Å². The molecule has 0 amide bonds. The van der Waals surface area contributed by atoms with Gasteiger partial charge in [0.15, 0.2) is 18.1 Å². The van der Waals surface area contributed by atoms with Gasteiger partial charge in [0.05, 0.1) is 6.10 Å². The van der Waals surface area contributed by atoms with Crippen molar-refractivity contribution in [2.45, 2.75) is 77.2 Å². The predicted molar refractivity (Wildman–Crippen MR) is 114 cm³/mol. The lowest BCUT2D eigenvalue weighted by molar-refractivity contribution is -0.220. The third-order valence-corrected chi connectivity index (χ3v) is 9.30. The first-order chi connectivity index (χ1) is 14.9. The van der Waals surface area contributed by atoms with Crippen molar-refractivity contribution in [2.24, 2.45) is 28.6 Å². The van der Waals surface area contributed by atoms with E-state index in [0.29, 0.717) is 24.8 Å². The number of hydrogen-bond acceptors (Lipinski definition) is 6. The Morgan fingerprint density at radius 1 is 1.28 bits per heavy atom. The lowest BCUT2D eigenvalue weighted by atomic mass is 9.44. The third-order valence-electron chi connectivity index (χ3n) is 9.30. The van der Waals surface area contributed by atoms with Crippen LogP contribution in [-0.2, 0) is 19.1 Å². The van der Waals surface area contributed by atoms with Gasteiger partial charge in [-0.05, 0) is 56.6 Å². The minimum absolute atomic E-state index is 0.0936. The van der Waals surface area contributed by atoms with Gasteiger partial charge >= 0.3 is 5.97 Å². The highest BCUT2D eigenvalue weighted by Crippen LogP contribution is 2.70.